The fourth-order valence-electron chi connectivity index (χ4n) is 4.21. The molecule has 0 atom stereocenters. The SMILES string of the molecule is CCN=c1ncn(Cc2ccc(OC)c(OCC3CCN(C)CC3)c2)c2nc(C(C)C)[nH]c12. The largest absolute Gasteiger partial charge is 0.493 e. The number of H-pyrrole nitrogens is 1. The van der Waals surface area contributed by atoms with Crippen molar-refractivity contribution in [2.24, 2.45) is 10.9 Å². The number of likely N-dealkylation sites (tertiary alicyclic amines) is 1. The second-order valence-corrected chi connectivity index (χ2v) is 9.19. The third kappa shape index (κ3) is 5.38. The number of aromatic amines is 1. The van der Waals surface area contributed by atoms with Crippen LogP contribution in [0.3, 0.4) is 0 Å². The Bertz CT molecular complexity index is 1140. The van der Waals surface area contributed by atoms with Crippen molar-refractivity contribution in [2.45, 2.75) is 46.1 Å². The van der Waals surface area contributed by atoms with Crippen molar-refractivity contribution in [3.8, 4) is 11.5 Å². The highest BCUT2D eigenvalue weighted by molar-refractivity contribution is 5.69. The number of imidazole rings is 1. The average molecular weight is 453 g/mol. The van der Waals surface area contributed by atoms with Crippen LogP contribution in [0.1, 0.15) is 50.9 Å². The quantitative estimate of drug-likeness (QED) is 0.565. The first-order valence-corrected chi connectivity index (χ1v) is 11.9. The topological polar surface area (TPSA) is 80.6 Å². The number of methoxy groups -OCH3 is 1. The van der Waals surface area contributed by atoms with E-state index in [2.05, 4.69) is 57.5 Å². The van der Waals surface area contributed by atoms with Crippen LogP contribution in [0.2, 0.25) is 0 Å². The van der Waals surface area contributed by atoms with E-state index in [1.54, 1.807) is 7.11 Å². The van der Waals surface area contributed by atoms with E-state index in [0.29, 0.717) is 30.4 Å². The highest BCUT2D eigenvalue weighted by Gasteiger charge is 2.18. The summed E-state index contributed by atoms with van der Waals surface area (Å²) in [5, 5.41) is 0. The molecule has 3 heterocycles. The van der Waals surface area contributed by atoms with Crippen molar-refractivity contribution in [2.75, 3.05) is 40.4 Å². The standard InChI is InChI=1S/C25H36N6O2/c1-6-26-24-22-25(29-23(28-22)17(2)3)31(16-27-24)14-19-7-8-20(32-5)21(13-19)33-15-18-9-11-30(4)12-10-18/h7-8,13,16-18H,6,9-12,14-15H2,1-5H3,(H,28,29). The minimum absolute atomic E-state index is 0.292. The smallest absolute Gasteiger partial charge is 0.176 e. The van der Waals surface area contributed by atoms with Crippen molar-refractivity contribution in [3.05, 3.63) is 41.4 Å². The van der Waals surface area contributed by atoms with E-state index in [-0.39, 0.29) is 0 Å². The van der Waals surface area contributed by atoms with Gasteiger partial charge in [0.1, 0.15) is 11.3 Å². The van der Waals surface area contributed by atoms with Gasteiger partial charge in [-0.1, -0.05) is 19.9 Å². The Kier molecular flexibility index (Phi) is 7.33. The molecule has 0 saturated carbocycles. The third-order valence-corrected chi connectivity index (χ3v) is 6.27. The molecule has 178 valence electrons. The molecular formula is C25H36N6O2. The van der Waals surface area contributed by atoms with Gasteiger partial charge in [0.25, 0.3) is 0 Å². The summed E-state index contributed by atoms with van der Waals surface area (Å²) in [6.45, 7) is 10.6. The number of ether oxygens (including phenoxy) is 2. The molecule has 1 aliphatic rings. The van der Waals surface area contributed by atoms with Crippen molar-refractivity contribution >= 4 is 11.2 Å². The summed E-state index contributed by atoms with van der Waals surface area (Å²) in [5.74, 6) is 3.37. The maximum absolute atomic E-state index is 6.25. The highest BCUT2D eigenvalue weighted by atomic mass is 16.5. The van der Waals surface area contributed by atoms with Gasteiger partial charge in [-0.15, -0.1) is 0 Å². The average Bonchev–Trinajstić information content (AvgIpc) is 3.27. The van der Waals surface area contributed by atoms with Gasteiger partial charge in [0, 0.05) is 12.5 Å². The molecule has 4 rings (SSSR count). The molecule has 1 fully saturated rings. The van der Waals surface area contributed by atoms with Gasteiger partial charge < -0.3 is 23.9 Å². The first-order chi connectivity index (χ1) is 16.0. The molecule has 0 bridgehead atoms. The molecule has 2 aromatic heterocycles. The summed E-state index contributed by atoms with van der Waals surface area (Å²) in [6, 6.07) is 6.13. The van der Waals surface area contributed by atoms with Crippen LogP contribution in [0, 0.1) is 5.92 Å². The number of piperidine rings is 1. The van der Waals surface area contributed by atoms with Crippen LogP contribution in [-0.4, -0.2) is 64.8 Å². The van der Waals surface area contributed by atoms with Crippen molar-refractivity contribution in [1.82, 2.24) is 24.4 Å². The van der Waals surface area contributed by atoms with Crippen LogP contribution >= 0.6 is 0 Å². The van der Waals surface area contributed by atoms with Gasteiger partial charge in [0.15, 0.2) is 22.6 Å². The van der Waals surface area contributed by atoms with Crippen molar-refractivity contribution < 1.29 is 9.47 Å². The fourth-order valence-corrected chi connectivity index (χ4v) is 4.21. The number of rotatable bonds is 8. The van der Waals surface area contributed by atoms with E-state index in [4.69, 9.17) is 14.5 Å². The zero-order chi connectivity index (χ0) is 23.4. The molecule has 0 spiro atoms. The van der Waals surface area contributed by atoms with Crippen LogP contribution in [0.15, 0.2) is 29.5 Å². The van der Waals surface area contributed by atoms with Gasteiger partial charge in [-0.3, -0.25) is 4.99 Å². The monoisotopic (exact) mass is 452 g/mol. The van der Waals surface area contributed by atoms with Crippen LogP contribution < -0.4 is 15.0 Å². The van der Waals surface area contributed by atoms with Gasteiger partial charge >= 0.3 is 0 Å². The Labute approximate surface area is 195 Å². The molecule has 0 radical (unpaired) electrons. The summed E-state index contributed by atoms with van der Waals surface area (Å²) < 4.78 is 13.9. The van der Waals surface area contributed by atoms with Crippen LogP contribution in [0.25, 0.3) is 11.2 Å². The predicted octanol–water partition coefficient (Wildman–Crippen LogP) is 3.58. The molecule has 8 heteroatoms. The molecule has 0 amide bonds. The number of fused-ring (bicyclic) bond motifs is 1. The van der Waals surface area contributed by atoms with Crippen molar-refractivity contribution in [3.63, 3.8) is 0 Å². The van der Waals surface area contributed by atoms with Crippen LogP contribution in [0.4, 0.5) is 0 Å². The number of nitrogens with one attached hydrogen (secondary N) is 1. The van der Waals surface area contributed by atoms with Gasteiger partial charge in [0.2, 0.25) is 0 Å². The molecule has 0 unspecified atom stereocenters. The normalized spacial score (nSPS) is 16.1. The van der Waals surface area contributed by atoms with E-state index in [0.717, 1.165) is 53.7 Å². The van der Waals surface area contributed by atoms with Gasteiger partial charge in [-0.2, -0.15) is 0 Å². The lowest BCUT2D eigenvalue weighted by Gasteiger charge is -2.29. The van der Waals surface area contributed by atoms with Crippen LogP contribution in [0.5, 0.6) is 11.5 Å². The van der Waals surface area contributed by atoms with Crippen LogP contribution in [-0.2, 0) is 6.54 Å². The fraction of sp³-hybridized carbons (Fsp3) is 0.560. The third-order valence-electron chi connectivity index (χ3n) is 6.27. The second-order valence-electron chi connectivity index (χ2n) is 9.19. The number of benzene rings is 1. The Hall–Kier alpha value is -2.87. The Balaban J connectivity index is 1.59. The summed E-state index contributed by atoms with van der Waals surface area (Å²) in [4.78, 5) is 19.8. The Morgan fingerprint density at radius 2 is 2.00 bits per heavy atom. The molecular weight excluding hydrogens is 416 g/mol. The maximum Gasteiger partial charge on any atom is 0.176 e. The maximum atomic E-state index is 6.25. The van der Waals surface area contributed by atoms with Crippen molar-refractivity contribution in [1.29, 1.82) is 0 Å². The van der Waals surface area contributed by atoms with Gasteiger partial charge in [-0.05, 0) is 63.5 Å². The summed E-state index contributed by atoms with van der Waals surface area (Å²) >= 11 is 0. The molecule has 1 N–H and O–H groups in total. The number of aromatic nitrogens is 4. The second kappa shape index (κ2) is 10.4. The lowest BCUT2D eigenvalue weighted by molar-refractivity contribution is 0.157. The predicted molar refractivity (Wildman–Crippen MR) is 130 cm³/mol. The van der Waals surface area contributed by atoms with E-state index in [1.807, 2.05) is 19.3 Å². The highest BCUT2D eigenvalue weighted by Crippen LogP contribution is 2.30. The summed E-state index contributed by atoms with van der Waals surface area (Å²) in [5.41, 5.74) is 3.57. The van der Waals surface area contributed by atoms with E-state index >= 15 is 0 Å². The first kappa shape index (κ1) is 23.3. The molecule has 3 aromatic rings. The lowest BCUT2D eigenvalue weighted by atomic mass is 9.98. The summed E-state index contributed by atoms with van der Waals surface area (Å²) in [7, 11) is 3.87. The minimum Gasteiger partial charge on any atom is -0.493 e. The molecule has 1 saturated heterocycles. The minimum atomic E-state index is 0.292. The van der Waals surface area contributed by atoms with E-state index in [9.17, 15) is 0 Å². The number of hydrogen-bond donors (Lipinski definition) is 1. The first-order valence-electron chi connectivity index (χ1n) is 11.9. The molecule has 1 aliphatic heterocycles. The lowest BCUT2D eigenvalue weighted by Crippen LogP contribution is -2.32. The van der Waals surface area contributed by atoms with E-state index in [1.165, 1.54) is 12.8 Å². The Morgan fingerprint density at radius 1 is 1.21 bits per heavy atom. The number of nitrogens with zero attached hydrogens (tertiary/aromatic N) is 5. The zero-order valence-corrected chi connectivity index (χ0v) is 20.5. The zero-order valence-electron chi connectivity index (χ0n) is 20.5. The molecule has 33 heavy (non-hydrogen) atoms. The number of hydrogen-bond acceptors (Lipinski definition) is 6. The molecule has 1 aromatic carbocycles. The van der Waals surface area contributed by atoms with Gasteiger partial charge in [0.05, 0.1) is 26.6 Å². The van der Waals surface area contributed by atoms with E-state index < -0.39 is 0 Å². The molecule has 0 aliphatic carbocycles. The molecule has 8 nitrogen and oxygen atoms in total. The summed E-state index contributed by atoms with van der Waals surface area (Å²) in [6.07, 6.45) is 4.17. The van der Waals surface area contributed by atoms with Gasteiger partial charge in [-0.25, -0.2) is 9.97 Å². The Morgan fingerprint density at radius 3 is 2.70 bits per heavy atom.